The lowest BCUT2D eigenvalue weighted by Gasteiger charge is -2.15. The molecule has 1 atom stereocenters. The van der Waals surface area contributed by atoms with E-state index >= 15 is 0 Å². The Labute approximate surface area is 118 Å². The summed E-state index contributed by atoms with van der Waals surface area (Å²) in [6.07, 6.45) is 1.15. The number of hydrogen-bond donors (Lipinski definition) is 3. The van der Waals surface area contributed by atoms with Crippen LogP contribution in [0.5, 0.6) is 5.75 Å². The highest BCUT2D eigenvalue weighted by Crippen LogP contribution is 2.26. The Morgan fingerprint density at radius 2 is 2.00 bits per heavy atom. The Balaban J connectivity index is 2.90. The van der Waals surface area contributed by atoms with Crippen LogP contribution in [0.3, 0.4) is 0 Å². The van der Waals surface area contributed by atoms with Gasteiger partial charge < -0.3 is 16.2 Å². The van der Waals surface area contributed by atoms with Crippen molar-refractivity contribution in [1.82, 2.24) is 0 Å². The lowest BCUT2D eigenvalue weighted by molar-refractivity contribution is -0.116. The Morgan fingerprint density at radius 3 is 2.50 bits per heavy atom. The number of carbonyl (C=O) groups is 1. The van der Waals surface area contributed by atoms with Crippen molar-refractivity contribution in [1.29, 1.82) is 0 Å². The minimum Gasteiger partial charge on any atom is -0.506 e. The number of anilines is 1. The molecule has 1 aromatic carbocycles. The van der Waals surface area contributed by atoms with Crippen LogP contribution in [-0.4, -0.2) is 31.7 Å². The van der Waals surface area contributed by atoms with Crippen molar-refractivity contribution >= 4 is 21.4 Å². The number of sulfone groups is 1. The summed E-state index contributed by atoms with van der Waals surface area (Å²) >= 11 is 0. The summed E-state index contributed by atoms with van der Waals surface area (Å²) in [6, 6.07) is 3.44. The summed E-state index contributed by atoms with van der Waals surface area (Å²) in [7, 11) is -3.40. The molecule has 0 fully saturated rings. The van der Waals surface area contributed by atoms with Crippen molar-refractivity contribution in [2.24, 2.45) is 11.7 Å². The van der Waals surface area contributed by atoms with Gasteiger partial charge in [-0.3, -0.25) is 4.79 Å². The molecule has 1 rings (SSSR count). The molecular formula is C13H20N2O4S. The van der Waals surface area contributed by atoms with Crippen LogP contribution in [0.1, 0.15) is 20.3 Å². The van der Waals surface area contributed by atoms with E-state index in [4.69, 9.17) is 5.73 Å². The number of carbonyl (C=O) groups excluding carboxylic acids is 1. The number of nitrogens with two attached hydrogens (primary N) is 1. The van der Waals surface area contributed by atoms with Crippen molar-refractivity contribution in [2.45, 2.75) is 31.2 Å². The predicted octanol–water partition coefficient (Wildman–Crippen LogP) is 1.11. The van der Waals surface area contributed by atoms with E-state index in [1.54, 1.807) is 0 Å². The van der Waals surface area contributed by atoms with Crippen LogP contribution < -0.4 is 11.1 Å². The van der Waals surface area contributed by atoms with Gasteiger partial charge in [-0.1, -0.05) is 13.8 Å². The fourth-order valence-corrected chi connectivity index (χ4v) is 2.14. The molecule has 112 valence electrons. The Hall–Kier alpha value is -1.60. The molecule has 1 aromatic rings. The molecule has 0 aliphatic heterocycles. The van der Waals surface area contributed by atoms with Gasteiger partial charge in [-0.15, -0.1) is 0 Å². The summed E-state index contributed by atoms with van der Waals surface area (Å²) in [5, 5.41) is 12.1. The van der Waals surface area contributed by atoms with Crippen molar-refractivity contribution in [3.8, 4) is 5.75 Å². The Bertz CT molecular complexity index is 596. The number of nitrogens with one attached hydrogen (secondary N) is 1. The maximum Gasteiger partial charge on any atom is 0.226 e. The molecule has 0 radical (unpaired) electrons. The zero-order chi connectivity index (χ0) is 15.5. The van der Waals surface area contributed by atoms with E-state index in [1.165, 1.54) is 18.2 Å². The molecule has 0 heterocycles. The first-order valence-electron chi connectivity index (χ1n) is 6.19. The van der Waals surface area contributed by atoms with E-state index in [0.717, 1.165) is 6.26 Å². The van der Waals surface area contributed by atoms with Crippen LogP contribution in [-0.2, 0) is 14.6 Å². The highest BCUT2D eigenvalue weighted by Gasteiger charge is 2.16. The van der Waals surface area contributed by atoms with E-state index in [-0.39, 0.29) is 40.6 Å². The third-order valence-corrected chi connectivity index (χ3v) is 4.06. The molecule has 1 unspecified atom stereocenters. The Morgan fingerprint density at radius 1 is 1.40 bits per heavy atom. The molecule has 0 saturated carbocycles. The second kappa shape index (κ2) is 6.23. The van der Waals surface area contributed by atoms with Gasteiger partial charge in [0.2, 0.25) is 5.91 Å². The quantitative estimate of drug-likeness (QED) is 0.706. The number of benzene rings is 1. The number of aromatic hydroxyl groups is 1. The van der Waals surface area contributed by atoms with Crippen molar-refractivity contribution in [2.75, 3.05) is 11.6 Å². The van der Waals surface area contributed by atoms with Gasteiger partial charge in [-0.25, -0.2) is 8.42 Å². The summed E-state index contributed by atoms with van der Waals surface area (Å²) in [5.41, 5.74) is 5.85. The monoisotopic (exact) mass is 300 g/mol. The number of phenolic OH excluding ortho intramolecular Hbond substituents is 1. The second-order valence-electron chi connectivity index (χ2n) is 5.11. The highest BCUT2D eigenvalue weighted by atomic mass is 32.2. The molecule has 0 aromatic heterocycles. The van der Waals surface area contributed by atoms with E-state index in [9.17, 15) is 18.3 Å². The van der Waals surface area contributed by atoms with Gasteiger partial charge in [0.25, 0.3) is 0 Å². The lowest BCUT2D eigenvalue weighted by Crippen LogP contribution is -2.31. The second-order valence-corrected chi connectivity index (χ2v) is 7.13. The first-order chi connectivity index (χ1) is 9.11. The van der Waals surface area contributed by atoms with Crippen LogP contribution in [0.25, 0.3) is 0 Å². The summed E-state index contributed by atoms with van der Waals surface area (Å²) in [6.45, 7) is 3.80. The molecule has 6 nitrogen and oxygen atoms in total. The normalized spacial score (nSPS) is 13.2. The number of phenols is 1. The van der Waals surface area contributed by atoms with Crippen molar-refractivity contribution in [3.63, 3.8) is 0 Å². The zero-order valence-electron chi connectivity index (χ0n) is 11.8. The fraction of sp³-hybridized carbons (Fsp3) is 0.462. The summed E-state index contributed by atoms with van der Waals surface area (Å²) in [4.78, 5) is 11.8. The molecule has 4 N–H and O–H groups in total. The van der Waals surface area contributed by atoms with Gasteiger partial charge in [0.05, 0.1) is 10.6 Å². The van der Waals surface area contributed by atoms with E-state index in [0.29, 0.717) is 0 Å². The van der Waals surface area contributed by atoms with Gasteiger partial charge in [0.1, 0.15) is 5.75 Å². The topological polar surface area (TPSA) is 109 Å². The molecule has 0 saturated heterocycles. The number of rotatable bonds is 5. The van der Waals surface area contributed by atoms with Crippen LogP contribution in [0.2, 0.25) is 0 Å². The van der Waals surface area contributed by atoms with Crippen molar-refractivity contribution < 1.29 is 18.3 Å². The van der Waals surface area contributed by atoms with Gasteiger partial charge in [0, 0.05) is 18.7 Å². The third kappa shape index (κ3) is 4.50. The zero-order valence-corrected chi connectivity index (χ0v) is 12.6. The first-order valence-corrected chi connectivity index (χ1v) is 8.09. The van der Waals surface area contributed by atoms with Gasteiger partial charge in [-0.05, 0) is 24.1 Å². The average Bonchev–Trinajstić information content (AvgIpc) is 2.30. The molecule has 0 bridgehead atoms. The molecule has 7 heteroatoms. The summed E-state index contributed by atoms with van der Waals surface area (Å²) in [5.74, 6) is -0.410. The first kappa shape index (κ1) is 16.5. The maximum atomic E-state index is 11.8. The smallest absolute Gasteiger partial charge is 0.226 e. The highest BCUT2D eigenvalue weighted by molar-refractivity contribution is 7.90. The van der Waals surface area contributed by atoms with Gasteiger partial charge in [-0.2, -0.15) is 0 Å². The largest absolute Gasteiger partial charge is 0.506 e. The summed E-state index contributed by atoms with van der Waals surface area (Å²) < 4.78 is 22.9. The third-order valence-electron chi connectivity index (χ3n) is 2.95. The number of amides is 1. The predicted molar refractivity (Wildman–Crippen MR) is 77.3 cm³/mol. The van der Waals surface area contributed by atoms with E-state index in [2.05, 4.69) is 5.32 Å². The molecule has 1 amide bonds. The number of hydrogen-bond acceptors (Lipinski definition) is 5. The van der Waals surface area contributed by atoms with E-state index in [1.807, 2.05) is 13.8 Å². The molecular weight excluding hydrogens is 280 g/mol. The van der Waals surface area contributed by atoms with Crippen LogP contribution in [0, 0.1) is 5.92 Å². The SMILES string of the molecule is CC(C)C(N)CC(=O)Nc1cc(S(C)(=O)=O)ccc1O. The molecule has 20 heavy (non-hydrogen) atoms. The molecule has 0 spiro atoms. The minimum atomic E-state index is -3.40. The Kier molecular flexibility index (Phi) is 5.13. The van der Waals surface area contributed by atoms with Gasteiger partial charge in [0.15, 0.2) is 9.84 Å². The molecule has 0 aliphatic carbocycles. The van der Waals surface area contributed by atoms with Crippen LogP contribution >= 0.6 is 0 Å². The van der Waals surface area contributed by atoms with Crippen LogP contribution in [0.4, 0.5) is 5.69 Å². The van der Waals surface area contributed by atoms with Gasteiger partial charge >= 0.3 is 0 Å². The average molecular weight is 300 g/mol. The lowest BCUT2D eigenvalue weighted by atomic mass is 10.0. The fourth-order valence-electron chi connectivity index (χ4n) is 1.50. The standard InChI is InChI=1S/C13H20N2O4S/c1-8(2)10(14)7-13(17)15-11-6-9(20(3,18)19)4-5-12(11)16/h4-6,8,10,16H,7,14H2,1-3H3,(H,15,17). The minimum absolute atomic E-state index is 0.0266. The van der Waals surface area contributed by atoms with E-state index < -0.39 is 9.84 Å². The maximum absolute atomic E-state index is 11.8. The molecule has 0 aliphatic rings. The van der Waals surface area contributed by atoms with Crippen LogP contribution in [0.15, 0.2) is 23.1 Å². The van der Waals surface area contributed by atoms with Crippen molar-refractivity contribution in [3.05, 3.63) is 18.2 Å².